The fourth-order valence-corrected chi connectivity index (χ4v) is 8.30. The number of anilines is 1. The third-order valence-electron chi connectivity index (χ3n) is 7.57. The Bertz CT molecular complexity index is 1910. The first kappa shape index (κ1) is 32.7. The van der Waals surface area contributed by atoms with Crippen molar-refractivity contribution < 1.29 is 22.4 Å². The lowest BCUT2D eigenvalue weighted by atomic mass is 10.0. The monoisotopic (exact) mass is 674 g/mol. The molecule has 3 aromatic heterocycles. The lowest BCUT2D eigenvalue weighted by molar-refractivity contribution is -0.131. The number of carbonyl (C=O) groups excluding carboxylic acids is 2. The fourth-order valence-electron chi connectivity index (χ4n) is 5.07. The smallest absolute Gasteiger partial charge is 0.255 e. The van der Waals surface area contributed by atoms with E-state index >= 15 is 4.39 Å². The van der Waals surface area contributed by atoms with Crippen LogP contribution in [0.3, 0.4) is 0 Å². The number of likely N-dealkylation sites (N-methyl/N-ethyl adjacent to an activating group) is 2. The number of thiophene rings is 1. The number of aromatic nitrogens is 2. The van der Waals surface area contributed by atoms with Crippen LogP contribution in [0.25, 0.3) is 15.9 Å². The minimum Gasteiger partial charge on any atom is -0.343 e. The van der Waals surface area contributed by atoms with Crippen molar-refractivity contribution >= 4 is 60.7 Å². The molecule has 5 rings (SSSR count). The van der Waals surface area contributed by atoms with Crippen LogP contribution in [-0.2, 0) is 19.6 Å². The predicted octanol–water partition coefficient (Wildman–Crippen LogP) is 3.45. The van der Waals surface area contributed by atoms with E-state index in [9.17, 15) is 22.8 Å². The van der Waals surface area contributed by atoms with E-state index in [0.717, 1.165) is 21.7 Å². The molecule has 1 aliphatic heterocycles. The van der Waals surface area contributed by atoms with Gasteiger partial charge in [-0.25, -0.2) is 17.8 Å². The standard InChI is InChI=1S/C30H32ClFN6O5S2/c1-34(2)15-16-35(3)27(40)19-38(45(42,43)28-17-20-9-12-25(31)33-29(20)44-28)24-7-6-14-37(30(24)41)23-11-10-21(18-22(23)32)36-13-5-4-8-26(36)39/h4-5,8-13,17-18,24H,6-7,14-16,19H2,1-3H3. The molecule has 0 N–H and O–H groups in total. The number of benzene rings is 1. The summed E-state index contributed by atoms with van der Waals surface area (Å²) in [7, 11) is 0.890. The van der Waals surface area contributed by atoms with Crippen LogP contribution in [0.2, 0.25) is 5.15 Å². The largest absolute Gasteiger partial charge is 0.343 e. The van der Waals surface area contributed by atoms with Crippen LogP contribution in [0.4, 0.5) is 10.1 Å². The van der Waals surface area contributed by atoms with Crippen LogP contribution in [0.1, 0.15) is 12.8 Å². The molecular formula is C30H32ClFN6O5S2. The summed E-state index contributed by atoms with van der Waals surface area (Å²) < 4.78 is 46.1. The average molecular weight is 675 g/mol. The molecule has 0 bridgehead atoms. The zero-order valence-electron chi connectivity index (χ0n) is 24.9. The van der Waals surface area contributed by atoms with Gasteiger partial charge in [-0.2, -0.15) is 4.31 Å². The molecule has 1 aromatic carbocycles. The second kappa shape index (κ2) is 13.3. The number of piperidine rings is 1. The Morgan fingerprint density at radius 3 is 2.58 bits per heavy atom. The molecule has 0 spiro atoms. The number of sulfonamides is 1. The number of hydrogen-bond acceptors (Lipinski definition) is 8. The van der Waals surface area contributed by atoms with Crippen LogP contribution in [0, 0.1) is 5.82 Å². The van der Waals surface area contributed by atoms with Crippen molar-refractivity contribution in [3.8, 4) is 5.69 Å². The van der Waals surface area contributed by atoms with E-state index in [1.807, 2.05) is 19.0 Å². The minimum absolute atomic E-state index is 0.0510. The first-order chi connectivity index (χ1) is 21.4. The first-order valence-electron chi connectivity index (χ1n) is 14.1. The second-order valence-corrected chi connectivity index (χ2v) is 14.5. The highest BCUT2D eigenvalue weighted by molar-refractivity contribution is 7.91. The van der Waals surface area contributed by atoms with Gasteiger partial charge in [0.2, 0.25) is 11.8 Å². The molecule has 11 nitrogen and oxygen atoms in total. The highest BCUT2D eigenvalue weighted by atomic mass is 35.5. The van der Waals surface area contributed by atoms with Gasteiger partial charge in [-0.3, -0.25) is 19.0 Å². The van der Waals surface area contributed by atoms with Gasteiger partial charge in [0.05, 0.1) is 17.9 Å². The zero-order valence-corrected chi connectivity index (χ0v) is 27.3. The second-order valence-electron chi connectivity index (χ2n) is 11.0. The van der Waals surface area contributed by atoms with Gasteiger partial charge in [0, 0.05) is 50.4 Å². The van der Waals surface area contributed by atoms with Gasteiger partial charge in [0.1, 0.15) is 26.1 Å². The highest BCUT2D eigenvalue weighted by Gasteiger charge is 2.43. The molecule has 1 saturated heterocycles. The molecule has 15 heteroatoms. The van der Waals surface area contributed by atoms with Crippen LogP contribution in [-0.4, -0.2) is 97.3 Å². The molecule has 1 fully saturated rings. The predicted molar refractivity (Wildman–Crippen MR) is 172 cm³/mol. The molecule has 45 heavy (non-hydrogen) atoms. The highest BCUT2D eigenvalue weighted by Crippen LogP contribution is 2.34. The molecule has 0 saturated carbocycles. The normalized spacial score (nSPS) is 15.8. The van der Waals surface area contributed by atoms with E-state index in [0.29, 0.717) is 29.7 Å². The zero-order chi connectivity index (χ0) is 32.5. The maximum atomic E-state index is 15.5. The first-order valence-corrected chi connectivity index (χ1v) is 16.8. The molecule has 1 atom stereocenters. The van der Waals surface area contributed by atoms with E-state index in [4.69, 9.17) is 11.6 Å². The summed E-state index contributed by atoms with van der Waals surface area (Å²) in [5, 5.41) is 0.750. The maximum Gasteiger partial charge on any atom is 0.255 e. The Kier molecular flexibility index (Phi) is 9.70. The Balaban J connectivity index is 1.50. The SMILES string of the molecule is CN(C)CCN(C)C(=O)CN(C1CCCN(c2ccc(-n3ccccc3=O)cc2F)C1=O)S(=O)(=O)c1cc2ccc(Cl)nc2s1. The lowest BCUT2D eigenvalue weighted by Gasteiger charge is -2.38. The number of carbonyl (C=O) groups is 2. The summed E-state index contributed by atoms with van der Waals surface area (Å²) in [5.41, 5.74) is -0.125. The van der Waals surface area contributed by atoms with Crippen molar-refractivity contribution in [3.05, 3.63) is 82.1 Å². The number of halogens is 2. The maximum absolute atomic E-state index is 15.5. The summed E-state index contributed by atoms with van der Waals surface area (Å²) in [6.07, 6.45) is 2.00. The summed E-state index contributed by atoms with van der Waals surface area (Å²) in [6, 6.07) is 12.0. The number of fused-ring (bicyclic) bond motifs is 1. The fraction of sp³-hybridized carbons (Fsp3) is 0.333. The molecule has 1 unspecified atom stereocenters. The van der Waals surface area contributed by atoms with Crippen LogP contribution < -0.4 is 10.5 Å². The Morgan fingerprint density at radius 2 is 1.87 bits per heavy atom. The van der Waals surface area contributed by atoms with Crippen molar-refractivity contribution in [1.82, 2.24) is 23.7 Å². The number of amides is 2. The third-order valence-corrected chi connectivity index (χ3v) is 11.1. The average Bonchev–Trinajstić information content (AvgIpc) is 3.43. The van der Waals surface area contributed by atoms with Crippen LogP contribution >= 0.6 is 22.9 Å². The number of rotatable bonds is 10. The van der Waals surface area contributed by atoms with Crippen molar-refractivity contribution in [1.29, 1.82) is 0 Å². The van der Waals surface area contributed by atoms with E-state index in [2.05, 4.69) is 4.98 Å². The van der Waals surface area contributed by atoms with Crippen LogP contribution in [0.15, 0.2) is 69.8 Å². The van der Waals surface area contributed by atoms with Gasteiger partial charge in [0.15, 0.2) is 0 Å². The van der Waals surface area contributed by atoms with E-state index in [-0.39, 0.29) is 39.3 Å². The van der Waals surface area contributed by atoms with Gasteiger partial charge in [0.25, 0.3) is 15.6 Å². The van der Waals surface area contributed by atoms with Crippen molar-refractivity contribution in [2.45, 2.75) is 23.1 Å². The Morgan fingerprint density at radius 1 is 1.09 bits per heavy atom. The van der Waals surface area contributed by atoms with Gasteiger partial charge < -0.3 is 14.7 Å². The topological polar surface area (TPSA) is 116 Å². The van der Waals surface area contributed by atoms with Crippen molar-refractivity contribution in [2.24, 2.45) is 0 Å². The van der Waals surface area contributed by atoms with Crippen molar-refractivity contribution in [3.63, 3.8) is 0 Å². The number of hydrogen-bond donors (Lipinski definition) is 0. The van der Waals surface area contributed by atoms with Gasteiger partial charge in [-0.15, -0.1) is 11.3 Å². The summed E-state index contributed by atoms with van der Waals surface area (Å²) in [5.74, 6) is -1.89. The van der Waals surface area contributed by atoms with Gasteiger partial charge >= 0.3 is 0 Å². The molecule has 2 amide bonds. The van der Waals surface area contributed by atoms with E-state index in [1.165, 1.54) is 44.8 Å². The van der Waals surface area contributed by atoms with Crippen molar-refractivity contribution in [2.75, 3.05) is 52.2 Å². The third kappa shape index (κ3) is 6.94. The molecule has 0 aliphatic carbocycles. The number of pyridine rings is 2. The molecule has 4 aromatic rings. The van der Waals surface area contributed by atoms with Crippen LogP contribution in [0.5, 0.6) is 0 Å². The Labute approximate surface area is 269 Å². The quantitative estimate of drug-likeness (QED) is 0.237. The van der Waals surface area contributed by atoms with E-state index in [1.54, 1.807) is 31.3 Å². The summed E-state index contributed by atoms with van der Waals surface area (Å²) in [6.45, 7) is 0.458. The number of nitrogens with zero attached hydrogens (tertiary/aromatic N) is 6. The summed E-state index contributed by atoms with van der Waals surface area (Å²) >= 11 is 6.92. The lowest BCUT2D eigenvalue weighted by Crippen LogP contribution is -2.56. The van der Waals surface area contributed by atoms with E-state index < -0.39 is 40.2 Å². The molecule has 1 aliphatic rings. The minimum atomic E-state index is -4.40. The summed E-state index contributed by atoms with van der Waals surface area (Å²) in [4.78, 5) is 48.8. The Hall–Kier alpha value is -3.69. The molecular weight excluding hydrogens is 643 g/mol. The molecule has 0 radical (unpaired) electrons. The van der Waals surface area contributed by atoms with Gasteiger partial charge in [-0.05, 0) is 63.3 Å². The van der Waals surface area contributed by atoms with Gasteiger partial charge in [-0.1, -0.05) is 17.7 Å². The molecule has 238 valence electrons. The molecule has 4 heterocycles.